The van der Waals surface area contributed by atoms with Crippen LogP contribution in [0, 0.1) is 0 Å². The molecule has 6 heteroatoms. The van der Waals surface area contributed by atoms with Gasteiger partial charge in [-0.15, -0.1) is 0 Å². The summed E-state index contributed by atoms with van der Waals surface area (Å²) in [6.45, 7) is 3.76. The van der Waals surface area contributed by atoms with Crippen LogP contribution in [-0.4, -0.2) is 21.8 Å². The average Bonchev–Trinajstić information content (AvgIpc) is 2.45. The number of fused-ring (bicyclic) bond motifs is 1. The van der Waals surface area contributed by atoms with Crippen molar-refractivity contribution in [2.75, 3.05) is 0 Å². The SMILES string of the molecule is CCC(C)=NNC(=O)c1n[nH]c(=O)c2ccccc12. The van der Waals surface area contributed by atoms with Crippen LogP contribution in [0.5, 0.6) is 0 Å². The van der Waals surface area contributed by atoms with E-state index in [-0.39, 0.29) is 11.3 Å². The van der Waals surface area contributed by atoms with Crippen molar-refractivity contribution in [3.63, 3.8) is 0 Å². The third kappa shape index (κ3) is 2.67. The van der Waals surface area contributed by atoms with E-state index in [1.54, 1.807) is 24.3 Å². The average molecular weight is 258 g/mol. The molecule has 1 heterocycles. The molecular weight excluding hydrogens is 244 g/mol. The molecule has 1 amide bonds. The largest absolute Gasteiger partial charge is 0.292 e. The van der Waals surface area contributed by atoms with Crippen LogP contribution in [0.3, 0.4) is 0 Å². The predicted molar refractivity (Wildman–Crippen MR) is 73.2 cm³/mol. The smallest absolute Gasteiger partial charge is 0.267 e. The molecule has 0 aliphatic carbocycles. The summed E-state index contributed by atoms with van der Waals surface area (Å²) < 4.78 is 0. The Bertz CT molecular complexity index is 703. The van der Waals surface area contributed by atoms with E-state index in [0.717, 1.165) is 12.1 Å². The number of amides is 1. The summed E-state index contributed by atoms with van der Waals surface area (Å²) in [6.07, 6.45) is 0.750. The van der Waals surface area contributed by atoms with Gasteiger partial charge >= 0.3 is 0 Å². The summed E-state index contributed by atoms with van der Waals surface area (Å²) in [5, 5.41) is 11.0. The summed E-state index contributed by atoms with van der Waals surface area (Å²) in [5.41, 5.74) is 3.07. The number of aromatic amines is 1. The molecule has 0 aliphatic rings. The fourth-order valence-electron chi connectivity index (χ4n) is 1.57. The van der Waals surface area contributed by atoms with Crippen LogP contribution >= 0.6 is 0 Å². The van der Waals surface area contributed by atoms with Crippen LogP contribution in [0.4, 0.5) is 0 Å². The van der Waals surface area contributed by atoms with Gasteiger partial charge in [0.1, 0.15) is 0 Å². The van der Waals surface area contributed by atoms with Crippen molar-refractivity contribution in [1.29, 1.82) is 0 Å². The summed E-state index contributed by atoms with van der Waals surface area (Å²) in [7, 11) is 0. The number of nitrogens with zero attached hydrogens (tertiary/aromatic N) is 2. The van der Waals surface area contributed by atoms with Gasteiger partial charge in [0.05, 0.1) is 5.39 Å². The van der Waals surface area contributed by atoms with Crippen LogP contribution in [0.1, 0.15) is 30.8 Å². The first kappa shape index (κ1) is 12.9. The number of hydrogen-bond acceptors (Lipinski definition) is 4. The number of hydrogen-bond donors (Lipinski definition) is 2. The molecule has 2 N–H and O–H groups in total. The first-order valence-electron chi connectivity index (χ1n) is 5.94. The van der Waals surface area contributed by atoms with Gasteiger partial charge in [-0.25, -0.2) is 10.5 Å². The van der Waals surface area contributed by atoms with Crippen molar-refractivity contribution in [1.82, 2.24) is 15.6 Å². The number of aromatic nitrogens is 2. The van der Waals surface area contributed by atoms with E-state index in [4.69, 9.17) is 0 Å². The molecule has 0 atom stereocenters. The summed E-state index contributed by atoms with van der Waals surface area (Å²) in [6, 6.07) is 6.81. The van der Waals surface area contributed by atoms with Crippen LogP contribution in [0.2, 0.25) is 0 Å². The minimum Gasteiger partial charge on any atom is -0.267 e. The molecule has 0 bridgehead atoms. The van der Waals surface area contributed by atoms with Crippen molar-refractivity contribution < 1.29 is 4.79 Å². The van der Waals surface area contributed by atoms with Gasteiger partial charge in [0.25, 0.3) is 11.5 Å². The second kappa shape index (κ2) is 5.43. The van der Waals surface area contributed by atoms with E-state index < -0.39 is 5.91 Å². The van der Waals surface area contributed by atoms with Crippen LogP contribution < -0.4 is 11.0 Å². The summed E-state index contributed by atoms with van der Waals surface area (Å²) in [5.74, 6) is -0.444. The van der Waals surface area contributed by atoms with Gasteiger partial charge in [-0.2, -0.15) is 10.2 Å². The molecule has 98 valence electrons. The molecule has 0 saturated heterocycles. The van der Waals surface area contributed by atoms with Gasteiger partial charge in [0.2, 0.25) is 0 Å². The topological polar surface area (TPSA) is 87.2 Å². The highest BCUT2D eigenvalue weighted by molar-refractivity contribution is 6.04. The van der Waals surface area contributed by atoms with Crippen molar-refractivity contribution in [2.24, 2.45) is 5.10 Å². The molecule has 0 saturated carbocycles. The van der Waals surface area contributed by atoms with Crippen molar-refractivity contribution in [2.45, 2.75) is 20.3 Å². The van der Waals surface area contributed by atoms with Crippen LogP contribution in [0.15, 0.2) is 34.2 Å². The number of hydrazone groups is 1. The highest BCUT2D eigenvalue weighted by Crippen LogP contribution is 2.11. The Hall–Kier alpha value is -2.50. The van der Waals surface area contributed by atoms with Crippen molar-refractivity contribution in [3.05, 3.63) is 40.3 Å². The molecular formula is C13H14N4O2. The number of carbonyl (C=O) groups excluding carboxylic acids is 1. The Morgan fingerprint density at radius 2 is 2.05 bits per heavy atom. The summed E-state index contributed by atoms with van der Waals surface area (Å²) in [4.78, 5) is 23.6. The Kier molecular flexibility index (Phi) is 3.70. The molecule has 2 aromatic rings. The fraction of sp³-hybridized carbons (Fsp3) is 0.231. The Balaban J connectivity index is 2.43. The van der Waals surface area contributed by atoms with Gasteiger partial charge < -0.3 is 0 Å². The van der Waals surface area contributed by atoms with E-state index in [9.17, 15) is 9.59 Å². The van der Waals surface area contributed by atoms with Gasteiger partial charge in [0, 0.05) is 11.1 Å². The molecule has 19 heavy (non-hydrogen) atoms. The third-order valence-corrected chi connectivity index (χ3v) is 2.77. The standard InChI is InChI=1S/C13H14N4O2/c1-3-8(2)14-17-13(19)11-9-6-4-5-7-10(9)12(18)16-15-11/h4-7H,3H2,1-2H3,(H,16,18)(H,17,19). The van der Waals surface area contributed by atoms with E-state index in [1.165, 1.54) is 0 Å². The number of benzene rings is 1. The minimum absolute atomic E-state index is 0.155. The maximum absolute atomic E-state index is 12.0. The lowest BCUT2D eigenvalue weighted by atomic mass is 10.1. The molecule has 0 aliphatic heterocycles. The van der Waals surface area contributed by atoms with Crippen LogP contribution in [0.25, 0.3) is 10.8 Å². The van der Waals surface area contributed by atoms with Gasteiger partial charge in [0.15, 0.2) is 5.69 Å². The molecule has 0 radical (unpaired) electrons. The number of nitrogens with one attached hydrogen (secondary N) is 2. The molecule has 0 fully saturated rings. The summed E-state index contributed by atoms with van der Waals surface area (Å²) >= 11 is 0. The molecule has 1 aromatic carbocycles. The fourth-order valence-corrected chi connectivity index (χ4v) is 1.57. The number of H-pyrrole nitrogens is 1. The molecule has 0 spiro atoms. The number of carbonyl (C=O) groups is 1. The molecule has 6 nitrogen and oxygen atoms in total. The lowest BCUT2D eigenvalue weighted by Crippen LogP contribution is -2.23. The first-order valence-corrected chi connectivity index (χ1v) is 5.94. The lowest BCUT2D eigenvalue weighted by Gasteiger charge is -2.03. The maximum Gasteiger partial charge on any atom is 0.292 e. The van der Waals surface area contributed by atoms with Gasteiger partial charge in [-0.3, -0.25) is 9.59 Å². The second-order valence-corrected chi connectivity index (χ2v) is 4.09. The third-order valence-electron chi connectivity index (χ3n) is 2.77. The Morgan fingerprint density at radius 3 is 2.74 bits per heavy atom. The van der Waals surface area contributed by atoms with Crippen molar-refractivity contribution >= 4 is 22.4 Å². The van der Waals surface area contributed by atoms with E-state index in [0.29, 0.717) is 10.8 Å². The quantitative estimate of drug-likeness (QED) is 0.645. The maximum atomic E-state index is 12.0. The Labute approximate surface area is 109 Å². The van der Waals surface area contributed by atoms with E-state index in [2.05, 4.69) is 20.7 Å². The molecule has 2 rings (SSSR count). The second-order valence-electron chi connectivity index (χ2n) is 4.09. The predicted octanol–water partition coefficient (Wildman–Crippen LogP) is 1.44. The molecule has 1 aromatic heterocycles. The zero-order valence-corrected chi connectivity index (χ0v) is 10.7. The van der Waals surface area contributed by atoms with Gasteiger partial charge in [-0.05, 0) is 19.4 Å². The van der Waals surface area contributed by atoms with E-state index in [1.807, 2.05) is 13.8 Å². The van der Waals surface area contributed by atoms with Crippen molar-refractivity contribution in [3.8, 4) is 0 Å². The lowest BCUT2D eigenvalue weighted by molar-refractivity contribution is 0.0950. The monoisotopic (exact) mass is 258 g/mol. The zero-order valence-electron chi connectivity index (χ0n) is 10.7. The Morgan fingerprint density at radius 1 is 1.37 bits per heavy atom. The first-order chi connectivity index (χ1) is 9.13. The van der Waals surface area contributed by atoms with Gasteiger partial charge in [-0.1, -0.05) is 25.1 Å². The highest BCUT2D eigenvalue weighted by Gasteiger charge is 2.13. The van der Waals surface area contributed by atoms with E-state index >= 15 is 0 Å². The molecule has 0 unspecified atom stereocenters. The zero-order chi connectivity index (χ0) is 13.8. The minimum atomic E-state index is -0.444. The van der Waals surface area contributed by atoms with Crippen LogP contribution in [-0.2, 0) is 0 Å². The highest BCUT2D eigenvalue weighted by atomic mass is 16.2. The normalized spacial score (nSPS) is 11.6. The number of rotatable bonds is 3.